The molecule has 0 atom stereocenters. The highest BCUT2D eigenvalue weighted by atomic mass is 16.5. The summed E-state index contributed by atoms with van der Waals surface area (Å²) in [6, 6.07) is 5.26. The fourth-order valence-corrected chi connectivity index (χ4v) is 1.32. The van der Waals surface area contributed by atoms with Gasteiger partial charge in [0.05, 0.1) is 25.1 Å². The third-order valence-corrected chi connectivity index (χ3v) is 2.09. The minimum atomic E-state index is -0.223. The molecule has 0 spiro atoms. The summed E-state index contributed by atoms with van der Waals surface area (Å²) in [4.78, 5) is 18.2. The molecule has 2 rings (SSSR count). The Bertz CT molecular complexity index is 543. The molecule has 1 heterocycles. The molecule has 0 fully saturated rings. The van der Waals surface area contributed by atoms with Gasteiger partial charge in [-0.1, -0.05) is 0 Å². The first-order valence-corrected chi connectivity index (χ1v) is 4.36. The number of nitrogens with zero attached hydrogens (tertiary/aromatic N) is 1. The largest absolute Gasteiger partial charge is 0.497 e. The van der Waals surface area contributed by atoms with Crippen LogP contribution in [0.5, 0.6) is 11.8 Å². The quantitative estimate of drug-likeness (QED) is 0.794. The molecular formula is C10H10N2O3. The molecule has 1 aromatic heterocycles. The summed E-state index contributed by atoms with van der Waals surface area (Å²) in [7, 11) is 3.01. The number of nitrogens with one attached hydrogen (secondary N) is 1. The van der Waals surface area contributed by atoms with E-state index >= 15 is 0 Å². The summed E-state index contributed by atoms with van der Waals surface area (Å²) in [5.74, 6) is 0.655. The van der Waals surface area contributed by atoms with E-state index in [-0.39, 0.29) is 11.6 Å². The molecule has 0 unspecified atom stereocenters. The Labute approximate surface area is 85.7 Å². The van der Waals surface area contributed by atoms with Crippen LogP contribution < -0.4 is 15.0 Å². The third kappa shape index (κ3) is 1.63. The summed E-state index contributed by atoms with van der Waals surface area (Å²) >= 11 is 0. The van der Waals surface area contributed by atoms with Crippen molar-refractivity contribution in [3.05, 3.63) is 28.6 Å². The number of hydrogen-bond acceptors (Lipinski definition) is 4. The standard InChI is InChI=1S/C10H10N2O3/c1-14-6-3-4-7-8(5-6)11-10(15-2)12-9(7)13/h3-5H,1-2H3,(H,11,12,13). The van der Waals surface area contributed by atoms with Gasteiger partial charge < -0.3 is 9.47 Å². The Morgan fingerprint density at radius 3 is 2.73 bits per heavy atom. The lowest BCUT2D eigenvalue weighted by molar-refractivity contribution is 0.380. The number of aromatic amines is 1. The number of ether oxygens (including phenoxy) is 2. The highest BCUT2D eigenvalue weighted by Crippen LogP contribution is 2.17. The fourth-order valence-electron chi connectivity index (χ4n) is 1.32. The van der Waals surface area contributed by atoms with E-state index in [0.29, 0.717) is 16.7 Å². The van der Waals surface area contributed by atoms with Gasteiger partial charge in [-0.3, -0.25) is 9.78 Å². The van der Waals surface area contributed by atoms with Crippen LogP contribution in [0.3, 0.4) is 0 Å². The van der Waals surface area contributed by atoms with Gasteiger partial charge in [-0.15, -0.1) is 0 Å². The van der Waals surface area contributed by atoms with Crippen molar-refractivity contribution < 1.29 is 9.47 Å². The zero-order valence-corrected chi connectivity index (χ0v) is 8.40. The minimum Gasteiger partial charge on any atom is -0.497 e. The summed E-state index contributed by atoms with van der Waals surface area (Å²) < 4.78 is 9.91. The van der Waals surface area contributed by atoms with Crippen LogP contribution in [-0.4, -0.2) is 24.2 Å². The fraction of sp³-hybridized carbons (Fsp3) is 0.200. The number of hydrogen-bond donors (Lipinski definition) is 1. The zero-order valence-electron chi connectivity index (χ0n) is 8.40. The monoisotopic (exact) mass is 206 g/mol. The molecule has 0 saturated carbocycles. The van der Waals surface area contributed by atoms with E-state index in [0.717, 1.165) is 0 Å². The van der Waals surface area contributed by atoms with Crippen molar-refractivity contribution in [3.8, 4) is 11.8 Å². The normalized spacial score (nSPS) is 10.3. The van der Waals surface area contributed by atoms with E-state index in [1.807, 2.05) is 0 Å². The molecule has 0 bridgehead atoms. The van der Waals surface area contributed by atoms with Gasteiger partial charge in [-0.25, -0.2) is 0 Å². The molecule has 2 aromatic rings. The minimum absolute atomic E-state index is 0.195. The van der Waals surface area contributed by atoms with E-state index in [9.17, 15) is 4.79 Å². The lowest BCUT2D eigenvalue weighted by Gasteiger charge is -2.03. The first-order chi connectivity index (χ1) is 7.24. The van der Waals surface area contributed by atoms with Gasteiger partial charge >= 0.3 is 0 Å². The van der Waals surface area contributed by atoms with Crippen molar-refractivity contribution in [2.45, 2.75) is 0 Å². The van der Waals surface area contributed by atoms with Gasteiger partial charge in [0.25, 0.3) is 11.6 Å². The molecule has 0 amide bonds. The maximum absolute atomic E-state index is 11.5. The van der Waals surface area contributed by atoms with Crippen LogP contribution in [-0.2, 0) is 0 Å². The number of aromatic nitrogens is 2. The van der Waals surface area contributed by atoms with Crippen LogP contribution in [0.15, 0.2) is 23.0 Å². The van der Waals surface area contributed by atoms with Crippen LogP contribution in [0.4, 0.5) is 0 Å². The lowest BCUT2D eigenvalue weighted by atomic mass is 10.2. The van der Waals surface area contributed by atoms with Crippen molar-refractivity contribution in [2.75, 3.05) is 14.2 Å². The first kappa shape index (κ1) is 9.51. The summed E-state index contributed by atoms with van der Waals surface area (Å²) in [6.45, 7) is 0. The number of methoxy groups -OCH3 is 2. The summed E-state index contributed by atoms with van der Waals surface area (Å²) in [6.07, 6.45) is 0. The summed E-state index contributed by atoms with van der Waals surface area (Å²) in [5.41, 5.74) is 0.328. The predicted octanol–water partition coefficient (Wildman–Crippen LogP) is 0.940. The Morgan fingerprint density at radius 2 is 2.07 bits per heavy atom. The third-order valence-electron chi connectivity index (χ3n) is 2.09. The highest BCUT2D eigenvalue weighted by Gasteiger charge is 2.04. The molecule has 0 aliphatic heterocycles. The first-order valence-electron chi connectivity index (χ1n) is 4.36. The van der Waals surface area contributed by atoms with Crippen molar-refractivity contribution in [1.82, 2.24) is 9.97 Å². The molecule has 0 aliphatic carbocycles. The van der Waals surface area contributed by atoms with E-state index in [4.69, 9.17) is 9.47 Å². The van der Waals surface area contributed by atoms with E-state index in [1.54, 1.807) is 25.3 Å². The van der Waals surface area contributed by atoms with Crippen LogP contribution >= 0.6 is 0 Å². The second-order valence-electron chi connectivity index (χ2n) is 2.96. The Morgan fingerprint density at radius 1 is 1.27 bits per heavy atom. The van der Waals surface area contributed by atoms with Crippen molar-refractivity contribution in [2.24, 2.45) is 0 Å². The van der Waals surface area contributed by atoms with E-state index in [2.05, 4.69) is 9.97 Å². The van der Waals surface area contributed by atoms with Crippen molar-refractivity contribution in [3.63, 3.8) is 0 Å². The SMILES string of the molecule is COc1ccc2c(=O)[nH]c(OC)nc2c1. The molecule has 5 heteroatoms. The van der Waals surface area contributed by atoms with Gasteiger partial charge in [-0.2, -0.15) is 4.98 Å². The molecule has 78 valence electrons. The van der Waals surface area contributed by atoms with Crippen LogP contribution in [0.25, 0.3) is 10.9 Å². The van der Waals surface area contributed by atoms with Crippen molar-refractivity contribution in [1.29, 1.82) is 0 Å². The second kappa shape index (κ2) is 3.61. The second-order valence-corrected chi connectivity index (χ2v) is 2.96. The van der Waals surface area contributed by atoms with E-state index in [1.165, 1.54) is 7.11 Å². The number of H-pyrrole nitrogens is 1. The molecular weight excluding hydrogens is 196 g/mol. The van der Waals surface area contributed by atoms with Gasteiger partial charge in [0.2, 0.25) is 0 Å². The van der Waals surface area contributed by atoms with Crippen LogP contribution in [0.1, 0.15) is 0 Å². The molecule has 0 aliphatic rings. The Balaban J connectivity index is 2.75. The van der Waals surface area contributed by atoms with Gasteiger partial charge in [-0.05, 0) is 12.1 Å². The van der Waals surface area contributed by atoms with Crippen molar-refractivity contribution >= 4 is 10.9 Å². The molecule has 1 aromatic carbocycles. The Kier molecular flexibility index (Phi) is 2.29. The molecule has 0 saturated heterocycles. The average Bonchev–Trinajstić information content (AvgIpc) is 2.28. The van der Waals surface area contributed by atoms with Crippen LogP contribution in [0, 0.1) is 0 Å². The van der Waals surface area contributed by atoms with E-state index < -0.39 is 0 Å². The molecule has 0 radical (unpaired) electrons. The summed E-state index contributed by atoms with van der Waals surface area (Å²) in [5, 5.41) is 0.511. The topological polar surface area (TPSA) is 64.2 Å². The maximum Gasteiger partial charge on any atom is 0.296 e. The zero-order chi connectivity index (χ0) is 10.8. The van der Waals surface area contributed by atoms with Gasteiger partial charge in [0, 0.05) is 6.07 Å². The van der Waals surface area contributed by atoms with Gasteiger partial charge in [0.15, 0.2) is 0 Å². The number of rotatable bonds is 2. The lowest BCUT2D eigenvalue weighted by Crippen LogP contribution is -2.09. The average molecular weight is 206 g/mol. The predicted molar refractivity (Wildman–Crippen MR) is 55.5 cm³/mol. The van der Waals surface area contributed by atoms with Gasteiger partial charge in [0.1, 0.15) is 5.75 Å². The smallest absolute Gasteiger partial charge is 0.296 e. The number of benzene rings is 1. The van der Waals surface area contributed by atoms with Crippen LogP contribution in [0.2, 0.25) is 0 Å². The molecule has 15 heavy (non-hydrogen) atoms. The maximum atomic E-state index is 11.5. The highest BCUT2D eigenvalue weighted by molar-refractivity contribution is 5.79. The molecule has 5 nitrogen and oxygen atoms in total. The number of fused-ring (bicyclic) bond motifs is 1. The molecule has 1 N–H and O–H groups in total. The Hall–Kier alpha value is -2.04.